The van der Waals surface area contributed by atoms with E-state index in [1.165, 1.54) is 0 Å². The zero-order valence-corrected chi connectivity index (χ0v) is 12.9. The summed E-state index contributed by atoms with van der Waals surface area (Å²) in [6, 6.07) is 7.52. The standard InChI is InChI=1S/C16H22N2O5/c19-15(20)14(7-4-8-18-9-11-22-12-10-18)17-23-16(21)13-5-2-1-3-6-13/h1-3,5-6,14,17H,4,7-12H2,(H,19,20)/t14-/m0/s1. The van der Waals surface area contributed by atoms with Crippen molar-refractivity contribution in [2.24, 2.45) is 0 Å². The van der Waals surface area contributed by atoms with Crippen molar-refractivity contribution in [1.29, 1.82) is 0 Å². The molecule has 1 atom stereocenters. The second-order valence-electron chi connectivity index (χ2n) is 5.36. The maximum atomic E-state index is 11.8. The fourth-order valence-electron chi connectivity index (χ4n) is 2.33. The van der Waals surface area contributed by atoms with Crippen LogP contribution in [0.2, 0.25) is 0 Å². The molecule has 0 aromatic heterocycles. The van der Waals surface area contributed by atoms with Crippen LogP contribution in [0.15, 0.2) is 30.3 Å². The Morgan fingerprint density at radius 1 is 1.26 bits per heavy atom. The molecule has 0 amide bonds. The molecule has 0 spiro atoms. The molecule has 1 aromatic rings. The summed E-state index contributed by atoms with van der Waals surface area (Å²) in [5.74, 6) is -1.63. The molecule has 2 rings (SSSR count). The van der Waals surface area contributed by atoms with Crippen LogP contribution in [0.5, 0.6) is 0 Å². The summed E-state index contributed by atoms with van der Waals surface area (Å²) in [6.45, 7) is 3.98. The molecule has 7 nitrogen and oxygen atoms in total. The number of aliphatic carboxylic acids is 1. The Hall–Kier alpha value is -1.96. The minimum absolute atomic E-state index is 0.373. The quantitative estimate of drug-likeness (QED) is 0.688. The van der Waals surface area contributed by atoms with Crippen molar-refractivity contribution in [3.8, 4) is 0 Å². The van der Waals surface area contributed by atoms with Crippen molar-refractivity contribution in [3.05, 3.63) is 35.9 Å². The van der Waals surface area contributed by atoms with E-state index in [0.717, 1.165) is 32.8 Å². The molecule has 2 N–H and O–H groups in total. The van der Waals surface area contributed by atoms with E-state index in [-0.39, 0.29) is 0 Å². The van der Waals surface area contributed by atoms with Gasteiger partial charge in [0.1, 0.15) is 6.04 Å². The van der Waals surface area contributed by atoms with Crippen LogP contribution in [0, 0.1) is 0 Å². The zero-order chi connectivity index (χ0) is 16.5. The van der Waals surface area contributed by atoms with Crippen molar-refractivity contribution in [1.82, 2.24) is 10.4 Å². The van der Waals surface area contributed by atoms with Crippen molar-refractivity contribution in [2.75, 3.05) is 32.8 Å². The molecular formula is C16H22N2O5. The Morgan fingerprint density at radius 3 is 2.61 bits per heavy atom. The zero-order valence-electron chi connectivity index (χ0n) is 12.9. The fraction of sp³-hybridized carbons (Fsp3) is 0.500. The number of carboxylic acids is 1. The van der Waals surface area contributed by atoms with Crippen LogP contribution in [0.4, 0.5) is 0 Å². The fourth-order valence-corrected chi connectivity index (χ4v) is 2.33. The van der Waals surface area contributed by atoms with Gasteiger partial charge in [0.2, 0.25) is 0 Å². The molecule has 23 heavy (non-hydrogen) atoms. The Bertz CT molecular complexity index is 502. The summed E-state index contributed by atoms with van der Waals surface area (Å²) in [7, 11) is 0. The summed E-state index contributed by atoms with van der Waals surface area (Å²) in [6.07, 6.45) is 1.08. The highest BCUT2D eigenvalue weighted by molar-refractivity contribution is 5.89. The highest BCUT2D eigenvalue weighted by Crippen LogP contribution is 2.05. The lowest BCUT2D eigenvalue weighted by Gasteiger charge is -2.26. The van der Waals surface area contributed by atoms with Crippen molar-refractivity contribution < 1.29 is 24.3 Å². The van der Waals surface area contributed by atoms with Crippen LogP contribution in [-0.4, -0.2) is 60.8 Å². The van der Waals surface area contributed by atoms with Gasteiger partial charge in [0.15, 0.2) is 0 Å². The first-order chi connectivity index (χ1) is 11.2. The van der Waals surface area contributed by atoms with Gasteiger partial charge < -0.3 is 14.7 Å². The lowest BCUT2D eigenvalue weighted by atomic mass is 10.1. The molecule has 1 aliphatic heterocycles. The monoisotopic (exact) mass is 322 g/mol. The number of carbonyl (C=O) groups is 2. The molecule has 0 unspecified atom stereocenters. The van der Waals surface area contributed by atoms with E-state index in [0.29, 0.717) is 18.4 Å². The molecule has 0 saturated carbocycles. The van der Waals surface area contributed by atoms with E-state index < -0.39 is 18.0 Å². The summed E-state index contributed by atoms with van der Waals surface area (Å²) in [5, 5.41) is 9.21. The normalized spacial score (nSPS) is 16.7. The molecule has 1 saturated heterocycles. The first kappa shape index (κ1) is 17.4. The van der Waals surface area contributed by atoms with Crippen molar-refractivity contribution in [2.45, 2.75) is 18.9 Å². The molecule has 7 heteroatoms. The number of ether oxygens (including phenoxy) is 1. The average Bonchev–Trinajstić information content (AvgIpc) is 2.59. The predicted molar refractivity (Wildman–Crippen MR) is 82.9 cm³/mol. The summed E-state index contributed by atoms with van der Waals surface area (Å²) in [4.78, 5) is 30.2. The minimum atomic E-state index is -1.03. The highest BCUT2D eigenvalue weighted by Gasteiger charge is 2.20. The molecule has 126 valence electrons. The molecule has 0 bridgehead atoms. The van der Waals surface area contributed by atoms with E-state index in [1.54, 1.807) is 30.3 Å². The van der Waals surface area contributed by atoms with Gasteiger partial charge in [-0.3, -0.25) is 9.69 Å². The SMILES string of the molecule is O=C(ON[C@@H](CCCN1CCOCC1)C(=O)O)c1ccccc1. The van der Waals surface area contributed by atoms with Gasteiger partial charge in [-0.25, -0.2) is 4.79 Å². The van der Waals surface area contributed by atoms with Crippen LogP contribution >= 0.6 is 0 Å². The van der Waals surface area contributed by atoms with Gasteiger partial charge in [-0.1, -0.05) is 18.2 Å². The average molecular weight is 322 g/mol. The number of nitrogens with zero attached hydrogens (tertiary/aromatic N) is 1. The number of carbonyl (C=O) groups excluding carboxylic acids is 1. The van der Waals surface area contributed by atoms with E-state index in [4.69, 9.17) is 9.57 Å². The van der Waals surface area contributed by atoms with E-state index in [2.05, 4.69) is 10.4 Å². The van der Waals surface area contributed by atoms with Crippen LogP contribution in [0.3, 0.4) is 0 Å². The smallest absolute Gasteiger partial charge is 0.356 e. The lowest BCUT2D eigenvalue weighted by molar-refractivity contribution is -0.142. The Morgan fingerprint density at radius 2 is 1.96 bits per heavy atom. The van der Waals surface area contributed by atoms with Gasteiger partial charge in [0.25, 0.3) is 0 Å². The van der Waals surface area contributed by atoms with E-state index >= 15 is 0 Å². The Kier molecular flexibility index (Phi) is 6.99. The molecule has 1 heterocycles. The summed E-state index contributed by atoms with van der Waals surface area (Å²) < 4.78 is 5.27. The third kappa shape index (κ3) is 5.97. The van der Waals surface area contributed by atoms with Crippen LogP contribution in [0.1, 0.15) is 23.2 Å². The number of hydroxylamine groups is 1. The third-order valence-electron chi connectivity index (χ3n) is 3.67. The van der Waals surface area contributed by atoms with E-state index in [9.17, 15) is 14.7 Å². The van der Waals surface area contributed by atoms with Gasteiger partial charge in [-0.05, 0) is 31.5 Å². The lowest BCUT2D eigenvalue weighted by Crippen LogP contribution is -2.40. The molecule has 1 fully saturated rings. The van der Waals surface area contributed by atoms with E-state index in [1.807, 2.05) is 0 Å². The number of hydrogen-bond acceptors (Lipinski definition) is 6. The van der Waals surface area contributed by atoms with Crippen molar-refractivity contribution >= 4 is 11.9 Å². The second-order valence-corrected chi connectivity index (χ2v) is 5.36. The number of morpholine rings is 1. The molecule has 0 aliphatic carbocycles. The molecule has 0 radical (unpaired) electrons. The van der Waals surface area contributed by atoms with Gasteiger partial charge in [0, 0.05) is 13.1 Å². The molecule has 1 aromatic carbocycles. The largest absolute Gasteiger partial charge is 0.480 e. The molecule has 1 aliphatic rings. The second kappa shape index (κ2) is 9.24. The summed E-state index contributed by atoms with van der Waals surface area (Å²) in [5.41, 5.74) is 2.74. The van der Waals surface area contributed by atoms with Gasteiger partial charge in [-0.15, -0.1) is 5.48 Å². The topological polar surface area (TPSA) is 88.1 Å². The Labute approximate surface area is 135 Å². The summed E-state index contributed by atoms with van der Waals surface area (Å²) >= 11 is 0. The maximum absolute atomic E-state index is 11.8. The molecular weight excluding hydrogens is 300 g/mol. The van der Waals surface area contributed by atoms with Gasteiger partial charge >= 0.3 is 11.9 Å². The maximum Gasteiger partial charge on any atom is 0.356 e. The Balaban J connectivity index is 1.73. The third-order valence-corrected chi connectivity index (χ3v) is 3.67. The van der Waals surface area contributed by atoms with Crippen LogP contribution in [0.25, 0.3) is 0 Å². The van der Waals surface area contributed by atoms with Crippen LogP contribution in [-0.2, 0) is 14.4 Å². The van der Waals surface area contributed by atoms with Crippen LogP contribution < -0.4 is 5.48 Å². The number of carboxylic acid groups (broad SMARTS) is 1. The number of nitrogens with one attached hydrogen (secondary N) is 1. The van der Waals surface area contributed by atoms with Gasteiger partial charge in [-0.2, -0.15) is 0 Å². The van der Waals surface area contributed by atoms with Crippen molar-refractivity contribution in [3.63, 3.8) is 0 Å². The minimum Gasteiger partial charge on any atom is -0.480 e. The number of benzene rings is 1. The first-order valence-corrected chi connectivity index (χ1v) is 7.71. The number of rotatable bonds is 8. The predicted octanol–water partition coefficient (Wildman–Crippen LogP) is 0.914. The number of hydrogen-bond donors (Lipinski definition) is 2. The highest BCUT2D eigenvalue weighted by atomic mass is 16.7. The first-order valence-electron chi connectivity index (χ1n) is 7.71. The van der Waals surface area contributed by atoms with Gasteiger partial charge in [0.05, 0.1) is 18.8 Å².